The zero-order valence-electron chi connectivity index (χ0n) is 32.5. The van der Waals surface area contributed by atoms with Gasteiger partial charge in [0, 0.05) is 47.4 Å². The van der Waals surface area contributed by atoms with E-state index in [-0.39, 0.29) is 0 Å². The fraction of sp³-hybridized carbons (Fsp3) is 0.0179. The molecule has 2 nitrogen and oxygen atoms in total. The molecule has 0 fully saturated rings. The van der Waals surface area contributed by atoms with Gasteiger partial charge in [0.1, 0.15) is 0 Å². The van der Waals surface area contributed by atoms with Gasteiger partial charge in [0.05, 0.1) is 16.6 Å². The Bertz CT molecular complexity index is 3270. The Labute approximate surface area is 353 Å². The normalized spacial score (nSPS) is 13.5. The van der Waals surface area contributed by atoms with E-state index in [1.807, 2.05) is 84.6 Å². The van der Waals surface area contributed by atoms with Gasteiger partial charge in [-0.2, -0.15) is 0 Å². The molecule has 60 heavy (non-hydrogen) atoms. The third-order valence-corrected chi connectivity index (χ3v) is 16.9. The Morgan fingerprint density at radius 2 is 0.900 bits per heavy atom. The number of aromatic nitrogens is 1. The molecule has 0 unspecified atom stereocenters. The van der Waals surface area contributed by atoms with Gasteiger partial charge in [-0.05, 0) is 62.7 Å². The molecule has 9 aromatic carbocycles. The SMILES string of the molecule is O=P(c1ccccc1)(c1ccccc1)c1ccc(-c2ccc(-c3nc4ccccc4c4c5c(ccc34)C3(c4ccccc4Sc4ccccc43)c3ccccc3-5)cc2)cc1. The van der Waals surface area contributed by atoms with Crippen LogP contribution in [0.4, 0.5) is 0 Å². The number of para-hydroxylation sites is 1. The number of hydrogen-bond donors (Lipinski definition) is 0. The zero-order chi connectivity index (χ0) is 39.8. The number of hydrogen-bond acceptors (Lipinski definition) is 3. The predicted molar refractivity (Wildman–Crippen MR) is 251 cm³/mol. The van der Waals surface area contributed by atoms with Gasteiger partial charge in [0.2, 0.25) is 0 Å². The minimum Gasteiger partial charge on any atom is -0.309 e. The van der Waals surface area contributed by atoms with Crippen LogP contribution in [0, 0.1) is 0 Å². The summed E-state index contributed by atoms with van der Waals surface area (Å²) in [6.07, 6.45) is 0. The molecule has 1 spiro atoms. The van der Waals surface area contributed by atoms with E-state index in [1.54, 1.807) is 0 Å². The highest BCUT2D eigenvalue weighted by Gasteiger charge is 2.50. The Hall–Kier alpha value is -6.77. The lowest BCUT2D eigenvalue weighted by atomic mass is 9.67. The summed E-state index contributed by atoms with van der Waals surface area (Å²) in [5.74, 6) is 0. The fourth-order valence-electron chi connectivity index (χ4n) is 10.0. The molecule has 10 aromatic rings. The van der Waals surface area contributed by atoms with Crippen molar-refractivity contribution in [3.05, 3.63) is 241 Å². The summed E-state index contributed by atoms with van der Waals surface area (Å²) in [6, 6.07) is 77.1. The van der Waals surface area contributed by atoms with E-state index in [1.165, 1.54) is 48.6 Å². The summed E-state index contributed by atoms with van der Waals surface area (Å²) in [5, 5.41) is 6.03. The number of benzene rings is 9. The lowest BCUT2D eigenvalue weighted by molar-refractivity contribution is 0.592. The highest BCUT2D eigenvalue weighted by atomic mass is 32.2. The van der Waals surface area contributed by atoms with Crippen LogP contribution in [0.15, 0.2) is 228 Å². The molecule has 0 saturated carbocycles. The second-order valence-corrected chi connectivity index (χ2v) is 19.5. The van der Waals surface area contributed by atoms with E-state index in [2.05, 4.69) is 146 Å². The third-order valence-electron chi connectivity index (χ3n) is 12.6. The van der Waals surface area contributed by atoms with Crippen LogP contribution in [0.2, 0.25) is 0 Å². The van der Waals surface area contributed by atoms with Gasteiger partial charge < -0.3 is 4.57 Å². The Kier molecular flexibility index (Phi) is 8.00. The average molecular weight is 802 g/mol. The van der Waals surface area contributed by atoms with Crippen LogP contribution in [0.25, 0.3) is 55.2 Å². The van der Waals surface area contributed by atoms with Crippen molar-refractivity contribution in [3.8, 4) is 33.5 Å². The lowest BCUT2D eigenvalue weighted by Gasteiger charge is -2.39. The molecule has 0 N–H and O–H groups in total. The number of rotatable bonds is 5. The molecule has 12 rings (SSSR count). The third kappa shape index (κ3) is 5.03. The van der Waals surface area contributed by atoms with Gasteiger partial charge >= 0.3 is 0 Å². The van der Waals surface area contributed by atoms with Crippen LogP contribution >= 0.6 is 18.9 Å². The van der Waals surface area contributed by atoms with Gasteiger partial charge in [0.15, 0.2) is 7.14 Å². The summed E-state index contributed by atoms with van der Waals surface area (Å²) in [7, 11) is -3.06. The molecule has 1 aliphatic heterocycles. The standard InChI is InChI=1S/C56H36NOPS/c58-59(40-15-3-1-4-16-40,41-17-5-2-6-18-41)42-33-31-38(32-34-42)37-27-29-39(30-28-37)55-45-35-36-49-54(53(45)44-20-8-12-24-50(44)57-55)43-19-7-9-21-46(43)56(49)47-22-10-13-25-51(47)60-52-26-14-11-23-48(52)56/h1-36H. The number of fused-ring (bicyclic) bond motifs is 13. The second kappa shape index (κ2) is 13.6. The average Bonchev–Trinajstić information content (AvgIpc) is 3.62. The smallest absolute Gasteiger partial charge is 0.171 e. The molecular formula is C56H36NOPS. The number of pyridine rings is 1. The minimum atomic E-state index is -3.06. The van der Waals surface area contributed by atoms with Crippen LogP contribution in [0.5, 0.6) is 0 Å². The summed E-state index contributed by atoms with van der Waals surface area (Å²) in [4.78, 5) is 8.00. The minimum absolute atomic E-state index is 0.448. The first-order chi connectivity index (χ1) is 29.6. The molecule has 1 aromatic heterocycles. The van der Waals surface area contributed by atoms with E-state index in [9.17, 15) is 4.57 Å². The van der Waals surface area contributed by atoms with Crippen LogP contribution < -0.4 is 15.9 Å². The first kappa shape index (κ1) is 35.2. The molecular weight excluding hydrogens is 766 g/mol. The molecule has 0 radical (unpaired) electrons. The van der Waals surface area contributed by atoms with Gasteiger partial charge in [-0.15, -0.1) is 0 Å². The molecule has 282 valence electrons. The van der Waals surface area contributed by atoms with E-state index in [4.69, 9.17) is 4.98 Å². The highest BCUT2D eigenvalue weighted by Crippen LogP contribution is 2.63. The molecule has 0 bridgehead atoms. The summed E-state index contributed by atoms with van der Waals surface area (Å²) >= 11 is 1.88. The van der Waals surface area contributed by atoms with Gasteiger partial charge in [-0.1, -0.05) is 212 Å². The fourth-order valence-corrected chi connectivity index (χ4v) is 13.9. The Morgan fingerprint density at radius 3 is 1.55 bits per heavy atom. The van der Waals surface area contributed by atoms with Crippen molar-refractivity contribution in [2.45, 2.75) is 15.2 Å². The topological polar surface area (TPSA) is 30.0 Å². The Balaban J connectivity index is 1.01. The van der Waals surface area contributed by atoms with Crippen LogP contribution in [0.3, 0.4) is 0 Å². The highest BCUT2D eigenvalue weighted by molar-refractivity contribution is 7.99. The van der Waals surface area contributed by atoms with Crippen LogP contribution in [-0.2, 0) is 9.98 Å². The van der Waals surface area contributed by atoms with E-state index >= 15 is 0 Å². The Morgan fingerprint density at radius 1 is 0.400 bits per heavy atom. The summed E-state index contributed by atoms with van der Waals surface area (Å²) in [6.45, 7) is 0. The van der Waals surface area contributed by atoms with Crippen molar-refractivity contribution in [2.75, 3.05) is 0 Å². The molecule has 4 heteroatoms. The van der Waals surface area contributed by atoms with Gasteiger partial charge in [0.25, 0.3) is 0 Å². The molecule has 0 amide bonds. The maximum atomic E-state index is 15.0. The molecule has 2 heterocycles. The van der Waals surface area contributed by atoms with Crippen molar-refractivity contribution in [1.29, 1.82) is 0 Å². The van der Waals surface area contributed by atoms with E-state index in [0.29, 0.717) is 0 Å². The first-order valence-corrected chi connectivity index (χ1v) is 22.9. The quantitative estimate of drug-likeness (QED) is 0.128. The van der Waals surface area contributed by atoms with E-state index < -0.39 is 12.6 Å². The van der Waals surface area contributed by atoms with Crippen LogP contribution in [0.1, 0.15) is 22.3 Å². The summed E-state index contributed by atoms with van der Waals surface area (Å²) < 4.78 is 15.0. The lowest BCUT2D eigenvalue weighted by Crippen LogP contribution is -2.31. The van der Waals surface area contributed by atoms with Gasteiger partial charge in [-0.3, -0.25) is 0 Å². The molecule has 0 saturated heterocycles. The largest absolute Gasteiger partial charge is 0.309 e. The maximum absolute atomic E-state index is 15.0. The first-order valence-electron chi connectivity index (χ1n) is 20.4. The summed E-state index contributed by atoms with van der Waals surface area (Å²) in [5.41, 5.74) is 12.6. The van der Waals surface area contributed by atoms with Crippen molar-refractivity contribution in [3.63, 3.8) is 0 Å². The molecule has 0 atom stereocenters. The zero-order valence-corrected chi connectivity index (χ0v) is 34.2. The number of nitrogens with zero attached hydrogens (tertiary/aromatic N) is 1. The second-order valence-electron chi connectivity index (χ2n) is 15.7. The van der Waals surface area contributed by atoms with Crippen LogP contribution in [-0.4, -0.2) is 4.98 Å². The van der Waals surface area contributed by atoms with Crippen molar-refractivity contribution in [2.24, 2.45) is 0 Å². The van der Waals surface area contributed by atoms with Gasteiger partial charge in [-0.25, -0.2) is 4.98 Å². The van der Waals surface area contributed by atoms with Crippen molar-refractivity contribution >= 4 is 56.5 Å². The molecule has 1 aliphatic carbocycles. The van der Waals surface area contributed by atoms with Crippen molar-refractivity contribution < 1.29 is 4.57 Å². The maximum Gasteiger partial charge on any atom is 0.171 e. The molecule has 2 aliphatic rings. The van der Waals surface area contributed by atoms with Crippen molar-refractivity contribution in [1.82, 2.24) is 4.98 Å². The van der Waals surface area contributed by atoms with E-state index in [0.717, 1.165) is 54.6 Å². The predicted octanol–water partition coefficient (Wildman–Crippen LogP) is 13.2. The monoisotopic (exact) mass is 801 g/mol.